The lowest BCUT2D eigenvalue weighted by Crippen LogP contribution is -1.99. The molecule has 0 bridgehead atoms. The van der Waals surface area contributed by atoms with Gasteiger partial charge in [0.2, 0.25) is 0 Å². The van der Waals surface area contributed by atoms with Crippen LogP contribution in [-0.4, -0.2) is 19.5 Å². The Hall–Kier alpha value is -2.92. The number of carbonyl (C=O) groups excluding carboxylic acids is 1. The maximum absolute atomic E-state index is 13.9. The molecule has 2 aromatic carbocycles. The monoisotopic (exact) mass is 382 g/mol. The van der Waals surface area contributed by atoms with Gasteiger partial charge in [-0.3, -0.25) is 4.79 Å². The van der Waals surface area contributed by atoms with E-state index < -0.39 is 5.82 Å². The molecule has 0 unspecified atom stereocenters. The summed E-state index contributed by atoms with van der Waals surface area (Å²) in [4.78, 5) is 13.7. The molecule has 0 aliphatic carbocycles. The fourth-order valence-electron chi connectivity index (χ4n) is 2.65. The first kappa shape index (κ1) is 18.9. The number of ketones is 1. The number of benzene rings is 2. The molecular formula is C22H19FO3S. The van der Waals surface area contributed by atoms with E-state index in [2.05, 4.69) is 0 Å². The quantitative estimate of drug-likeness (QED) is 0.379. The number of carbonyl (C=O) groups is 1. The Labute approximate surface area is 161 Å². The van der Waals surface area contributed by atoms with Gasteiger partial charge in [-0.25, -0.2) is 4.39 Å². The van der Waals surface area contributed by atoms with Gasteiger partial charge in [0.15, 0.2) is 17.3 Å². The molecule has 3 aromatic rings. The minimum Gasteiger partial charge on any atom is -0.496 e. The molecule has 1 aromatic heterocycles. The van der Waals surface area contributed by atoms with Crippen molar-refractivity contribution >= 4 is 23.2 Å². The summed E-state index contributed by atoms with van der Waals surface area (Å²) < 4.78 is 24.5. The number of ether oxygens (including phenoxy) is 2. The maximum atomic E-state index is 13.9. The van der Waals surface area contributed by atoms with Crippen LogP contribution in [0.1, 0.15) is 22.8 Å². The predicted molar refractivity (Wildman–Crippen MR) is 107 cm³/mol. The van der Waals surface area contributed by atoms with Gasteiger partial charge in [-0.1, -0.05) is 24.3 Å². The van der Waals surface area contributed by atoms with Gasteiger partial charge in [-0.2, -0.15) is 0 Å². The summed E-state index contributed by atoms with van der Waals surface area (Å²) in [5, 5.41) is 2.00. The zero-order valence-corrected chi connectivity index (χ0v) is 15.9. The molecule has 0 amide bonds. The van der Waals surface area contributed by atoms with E-state index in [4.69, 9.17) is 9.47 Å². The van der Waals surface area contributed by atoms with Crippen molar-refractivity contribution in [3.05, 3.63) is 76.9 Å². The third-order valence-corrected chi connectivity index (χ3v) is 4.87. The summed E-state index contributed by atoms with van der Waals surface area (Å²) >= 11 is 1.62. The van der Waals surface area contributed by atoms with Crippen LogP contribution in [0.25, 0.3) is 16.5 Å². The first-order valence-corrected chi connectivity index (χ1v) is 9.37. The summed E-state index contributed by atoms with van der Waals surface area (Å²) in [5.74, 6) is 0.0449. The first-order valence-electron chi connectivity index (χ1n) is 8.49. The molecule has 0 spiro atoms. The predicted octanol–water partition coefficient (Wildman–Crippen LogP) is 5.86. The lowest BCUT2D eigenvalue weighted by molar-refractivity contribution is 0.104. The van der Waals surface area contributed by atoms with Gasteiger partial charge in [0.05, 0.1) is 19.3 Å². The second kappa shape index (κ2) is 8.64. The SMILES string of the molecule is CCOc1ccc(/C=C/C(=O)c2ccc(-c3cccs3)cc2OC)cc1F. The molecule has 0 aliphatic heterocycles. The molecule has 0 saturated heterocycles. The highest BCUT2D eigenvalue weighted by molar-refractivity contribution is 7.13. The van der Waals surface area contributed by atoms with Crippen LogP contribution >= 0.6 is 11.3 Å². The number of rotatable bonds is 7. The van der Waals surface area contributed by atoms with Gasteiger partial charge in [-0.05, 0) is 59.8 Å². The Bertz CT molecular complexity index is 962. The number of methoxy groups -OCH3 is 1. The van der Waals surface area contributed by atoms with E-state index >= 15 is 0 Å². The summed E-state index contributed by atoms with van der Waals surface area (Å²) in [7, 11) is 1.54. The Morgan fingerprint density at radius 1 is 1.15 bits per heavy atom. The number of thiophene rings is 1. The van der Waals surface area contributed by atoms with Crippen LogP contribution in [0, 0.1) is 5.82 Å². The average Bonchev–Trinajstić information content (AvgIpc) is 3.22. The van der Waals surface area contributed by atoms with Crippen LogP contribution in [0.5, 0.6) is 11.5 Å². The zero-order valence-electron chi connectivity index (χ0n) is 15.1. The number of allylic oxidation sites excluding steroid dienone is 1. The van der Waals surface area contributed by atoms with E-state index in [-0.39, 0.29) is 11.5 Å². The summed E-state index contributed by atoms with van der Waals surface area (Å²) in [6.45, 7) is 2.19. The van der Waals surface area contributed by atoms with Gasteiger partial charge in [0.1, 0.15) is 5.75 Å². The van der Waals surface area contributed by atoms with Crippen molar-refractivity contribution in [3.63, 3.8) is 0 Å². The van der Waals surface area contributed by atoms with Crippen molar-refractivity contribution < 1.29 is 18.7 Å². The van der Waals surface area contributed by atoms with Gasteiger partial charge in [-0.15, -0.1) is 11.3 Å². The highest BCUT2D eigenvalue weighted by Crippen LogP contribution is 2.30. The Balaban J connectivity index is 1.81. The van der Waals surface area contributed by atoms with Crippen LogP contribution in [0.3, 0.4) is 0 Å². The standard InChI is InChI=1S/C22H19FO3S/c1-3-26-20-11-7-15(13-18(20)23)6-10-19(24)17-9-8-16(14-21(17)25-2)22-5-4-12-27-22/h4-14H,3H2,1-2H3/b10-6+. The summed E-state index contributed by atoms with van der Waals surface area (Å²) in [6.07, 6.45) is 2.99. The Morgan fingerprint density at radius 3 is 2.67 bits per heavy atom. The van der Waals surface area contributed by atoms with E-state index in [1.807, 2.05) is 29.6 Å². The highest BCUT2D eigenvalue weighted by atomic mass is 32.1. The average molecular weight is 382 g/mol. The lowest BCUT2D eigenvalue weighted by atomic mass is 10.0. The third-order valence-electron chi connectivity index (χ3n) is 3.96. The van der Waals surface area contributed by atoms with E-state index in [9.17, 15) is 9.18 Å². The summed E-state index contributed by atoms with van der Waals surface area (Å²) in [5.41, 5.74) is 2.04. The van der Waals surface area contributed by atoms with Gasteiger partial charge in [0, 0.05) is 4.88 Å². The second-order valence-electron chi connectivity index (χ2n) is 5.71. The van der Waals surface area contributed by atoms with Crippen molar-refractivity contribution in [2.24, 2.45) is 0 Å². The zero-order chi connectivity index (χ0) is 19.2. The molecule has 138 valence electrons. The van der Waals surface area contributed by atoms with Crippen molar-refractivity contribution in [2.75, 3.05) is 13.7 Å². The minimum atomic E-state index is -0.454. The molecule has 0 N–H and O–H groups in total. The molecule has 0 saturated carbocycles. The minimum absolute atomic E-state index is 0.201. The fraction of sp³-hybridized carbons (Fsp3) is 0.136. The van der Waals surface area contributed by atoms with Crippen molar-refractivity contribution in [1.82, 2.24) is 0 Å². The third kappa shape index (κ3) is 4.44. The van der Waals surface area contributed by atoms with Crippen LogP contribution in [0.4, 0.5) is 4.39 Å². The molecule has 0 aliphatic rings. The molecule has 0 atom stereocenters. The molecule has 0 radical (unpaired) electrons. The summed E-state index contributed by atoms with van der Waals surface area (Å²) in [6, 6.07) is 14.1. The molecule has 0 fully saturated rings. The van der Waals surface area contributed by atoms with Crippen molar-refractivity contribution in [3.8, 4) is 21.9 Å². The lowest BCUT2D eigenvalue weighted by Gasteiger charge is -2.08. The van der Waals surface area contributed by atoms with E-state index in [0.717, 1.165) is 10.4 Å². The molecule has 1 heterocycles. The molecular weight excluding hydrogens is 363 g/mol. The van der Waals surface area contributed by atoms with Crippen molar-refractivity contribution in [2.45, 2.75) is 6.92 Å². The maximum Gasteiger partial charge on any atom is 0.189 e. The van der Waals surface area contributed by atoms with Crippen LogP contribution < -0.4 is 9.47 Å². The van der Waals surface area contributed by atoms with E-state index in [1.165, 1.54) is 19.3 Å². The van der Waals surface area contributed by atoms with Gasteiger partial charge >= 0.3 is 0 Å². The van der Waals surface area contributed by atoms with Crippen molar-refractivity contribution in [1.29, 1.82) is 0 Å². The van der Waals surface area contributed by atoms with Crippen LogP contribution in [0.15, 0.2) is 60.0 Å². The first-order chi connectivity index (χ1) is 13.1. The molecule has 5 heteroatoms. The number of hydrogen-bond donors (Lipinski definition) is 0. The van der Waals surface area contributed by atoms with Crippen LogP contribution in [0.2, 0.25) is 0 Å². The number of hydrogen-bond acceptors (Lipinski definition) is 4. The van der Waals surface area contributed by atoms with E-state index in [0.29, 0.717) is 23.5 Å². The molecule has 3 nitrogen and oxygen atoms in total. The molecule has 3 rings (SSSR count). The topological polar surface area (TPSA) is 35.5 Å². The van der Waals surface area contributed by atoms with E-state index in [1.54, 1.807) is 42.5 Å². The normalized spacial score (nSPS) is 10.9. The largest absolute Gasteiger partial charge is 0.496 e. The van der Waals surface area contributed by atoms with Gasteiger partial charge < -0.3 is 9.47 Å². The highest BCUT2D eigenvalue weighted by Gasteiger charge is 2.12. The Morgan fingerprint density at radius 2 is 2.00 bits per heavy atom. The van der Waals surface area contributed by atoms with Gasteiger partial charge in [0.25, 0.3) is 0 Å². The van der Waals surface area contributed by atoms with Crippen LogP contribution in [-0.2, 0) is 0 Å². The molecule has 27 heavy (non-hydrogen) atoms. The fourth-order valence-corrected chi connectivity index (χ4v) is 3.37. The number of halogens is 1. The second-order valence-corrected chi connectivity index (χ2v) is 6.66. The Kier molecular flexibility index (Phi) is 6.04. The smallest absolute Gasteiger partial charge is 0.189 e.